The van der Waals surface area contributed by atoms with Crippen molar-refractivity contribution in [1.82, 2.24) is 24.8 Å². The largest absolute Gasteiger partial charge is 0.442 e. The maximum Gasteiger partial charge on any atom is 0.429 e. The summed E-state index contributed by atoms with van der Waals surface area (Å²) in [6.45, 7) is 15.5. The van der Waals surface area contributed by atoms with Gasteiger partial charge in [-0.3, -0.25) is 5.01 Å². The number of rotatable bonds is 8. The normalized spacial score (nSPS) is 15.5. The number of ether oxygens (including phenoxy) is 1. The fourth-order valence-corrected chi connectivity index (χ4v) is 3.57. The summed E-state index contributed by atoms with van der Waals surface area (Å²) in [6.07, 6.45) is 1.70. The van der Waals surface area contributed by atoms with Crippen LogP contribution in [0.5, 0.6) is 0 Å². The Balaban J connectivity index is 2.28. The first-order chi connectivity index (χ1) is 15.0. The molecule has 10 heteroatoms. The summed E-state index contributed by atoms with van der Waals surface area (Å²) in [5, 5.41) is 12.8. The minimum Gasteiger partial charge on any atom is -0.442 e. The maximum absolute atomic E-state index is 13.2. The van der Waals surface area contributed by atoms with Crippen LogP contribution in [0.15, 0.2) is 6.20 Å². The summed E-state index contributed by atoms with van der Waals surface area (Å²) in [5.41, 5.74) is -0.649. The van der Waals surface area contributed by atoms with Crippen LogP contribution in [0.2, 0.25) is 5.02 Å². The summed E-state index contributed by atoms with van der Waals surface area (Å²) in [7, 11) is 2.13. The third-order valence-corrected chi connectivity index (χ3v) is 5.21. The molecule has 0 aromatic carbocycles. The second-order valence-corrected chi connectivity index (χ2v) is 9.96. The van der Waals surface area contributed by atoms with Crippen molar-refractivity contribution in [3.8, 4) is 6.07 Å². The second kappa shape index (κ2) is 11.6. The fourth-order valence-electron chi connectivity index (χ4n) is 3.38. The lowest BCUT2D eigenvalue weighted by Gasteiger charge is -2.38. The Morgan fingerprint density at radius 3 is 2.53 bits per heavy atom. The van der Waals surface area contributed by atoms with Gasteiger partial charge >= 0.3 is 6.09 Å². The van der Waals surface area contributed by atoms with E-state index < -0.39 is 11.7 Å². The van der Waals surface area contributed by atoms with Crippen molar-refractivity contribution in [2.75, 3.05) is 57.9 Å². The molecular weight excluding hydrogens is 430 g/mol. The number of anilines is 1. The number of amides is 1. The number of likely N-dealkylation sites (N-methyl/N-ethyl adjacent to an activating group) is 1. The molecule has 178 valence electrons. The van der Waals surface area contributed by atoms with Gasteiger partial charge < -0.3 is 14.5 Å². The summed E-state index contributed by atoms with van der Waals surface area (Å²) < 4.78 is 5.71. The number of hydrogen-bond acceptors (Lipinski definition) is 8. The SMILES string of the molecule is CC(C)CN(c1nc(C#N)ncc1Cl)N(CCCN1CCN(C)CC1)C(=O)OC(C)(C)C. The van der Waals surface area contributed by atoms with Gasteiger partial charge in [0.1, 0.15) is 16.7 Å². The molecule has 0 saturated carbocycles. The summed E-state index contributed by atoms with van der Waals surface area (Å²) in [6, 6.07) is 1.95. The monoisotopic (exact) mass is 465 g/mol. The van der Waals surface area contributed by atoms with E-state index in [1.165, 1.54) is 6.20 Å². The lowest BCUT2D eigenvalue weighted by Crippen LogP contribution is -2.52. The van der Waals surface area contributed by atoms with Gasteiger partial charge in [0, 0.05) is 45.8 Å². The number of nitrogens with zero attached hydrogens (tertiary/aromatic N) is 7. The highest BCUT2D eigenvalue weighted by Crippen LogP contribution is 2.26. The van der Waals surface area contributed by atoms with Crippen molar-refractivity contribution in [3.05, 3.63) is 17.0 Å². The number of halogens is 1. The highest BCUT2D eigenvalue weighted by Gasteiger charge is 2.30. The summed E-state index contributed by atoms with van der Waals surface area (Å²) in [4.78, 5) is 26.2. The van der Waals surface area contributed by atoms with Crippen LogP contribution in [-0.4, -0.2) is 89.3 Å². The molecule has 32 heavy (non-hydrogen) atoms. The smallest absolute Gasteiger partial charge is 0.429 e. The van der Waals surface area contributed by atoms with Gasteiger partial charge in [0.2, 0.25) is 5.82 Å². The Morgan fingerprint density at radius 2 is 1.97 bits per heavy atom. The fraction of sp³-hybridized carbons (Fsp3) is 0.727. The van der Waals surface area contributed by atoms with Gasteiger partial charge in [-0.05, 0) is 40.2 Å². The minimum atomic E-state index is -0.649. The van der Waals surface area contributed by atoms with Crippen molar-refractivity contribution in [2.45, 2.75) is 46.6 Å². The number of piperazine rings is 1. The molecule has 2 rings (SSSR count). The van der Waals surface area contributed by atoms with E-state index in [-0.39, 0.29) is 16.8 Å². The molecule has 0 atom stereocenters. The highest BCUT2D eigenvalue weighted by molar-refractivity contribution is 6.32. The molecule has 0 radical (unpaired) electrons. The van der Waals surface area contributed by atoms with Crippen LogP contribution in [0.25, 0.3) is 0 Å². The molecule has 2 heterocycles. The molecule has 1 saturated heterocycles. The molecule has 0 N–H and O–H groups in total. The van der Waals surface area contributed by atoms with Crippen molar-refractivity contribution >= 4 is 23.5 Å². The predicted molar refractivity (Wildman–Crippen MR) is 125 cm³/mol. The topological polar surface area (TPSA) is 88.8 Å². The molecule has 9 nitrogen and oxygen atoms in total. The van der Waals surface area contributed by atoms with Crippen molar-refractivity contribution in [2.24, 2.45) is 5.92 Å². The highest BCUT2D eigenvalue weighted by atomic mass is 35.5. The molecule has 0 spiro atoms. The standard InChI is InChI=1S/C22H36ClN7O2/c1-17(2)16-30(20-18(23)15-25-19(14-24)26-20)29(21(31)32-22(3,4)5)9-7-8-28-12-10-27(6)11-13-28/h15,17H,7-13,16H2,1-6H3. The van der Waals surface area contributed by atoms with E-state index in [0.29, 0.717) is 18.9 Å². The number of hydrazine groups is 1. The zero-order chi connectivity index (χ0) is 23.9. The average molecular weight is 466 g/mol. The molecule has 1 amide bonds. The van der Waals surface area contributed by atoms with E-state index in [0.717, 1.165) is 39.1 Å². The lowest BCUT2D eigenvalue weighted by molar-refractivity contribution is 0.0207. The number of hydrogen-bond donors (Lipinski definition) is 0. The predicted octanol–water partition coefficient (Wildman–Crippen LogP) is 3.25. The van der Waals surface area contributed by atoms with Gasteiger partial charge in [-0.25, -0.2) is 14.8 Å². The van der Waals surface area contributed by atoms with Crippen LogP contribution in [-0.2, 0) is 4.74 Å². The van der Waals surface area contributed by atoms with Gasteiger partial charge in [-0.15, -0.1) is 0 Å². The van der Waals surface area contributed by atoms with Crippen LogP contribution >= 0.6 is 11.6 Å². The van der Waals surface area contributed by atoms with Crippen molar-refractivity contribution in [1.29, 1.82) is 5.26 Å². The number of nitriles is 1. The number of carbonyl (C=O) groups excluding carboxylic acids is 1. The first-order valence-corrected chi connectivity index (χ1v) is 11.5. The summed E-state index contributed by atoms with van der Waals surface area (Å²) in [5.74, 6) is 0.534. The Kier molecular flexibility index (Phi) is 9.49. The molecule has 0 bridgehead atoms. The Morgan fingerprint density at radius 1 is 1.31 bits per heavy atom. The maximum atomic E-state index is 13.2. The van der Waals surface area contributed by atoms with Crippen molar-refractivity contribution < 1.29 is 9.53 Å². The van der Waals surface area contributed by atoms with Gasteiger partial charge in [0.25, 0.3) is 0 Å². The third-order valence-electron chi connectivity index (χ3n) is 4.94. The quantitative estimate of drug-likeness (QED) is 0.540. The molecule has 0 unspecified atom stereocenters. The van der Waals surface area contributed by atoms with Gasteiger partial charge in [-0.1, -0.05) is 25.4 Å². The van der Waals surface area contributed by atoms with Gasteiger partial charge in [0.15, 0.2) is 5.82 Å². The van der Waals surface area contributed by atoms with Crippen LogP contribution in [0.3, 0.4) is 0 Å². The van der Waals surface area contributed by atoms with Crippen LogP contribution < -0.4 is 5.01 Å². The van der Waals surface area contributed by atoms with Crippen molar-refractivity contribution in [3.63, 3.8) is 0 Å². The molecular formula is C22H36ClN7O2. The Labute approximate surface area is 196 Å². The Bertz CT molecular complexity index is 798. The second-order valence-electron chi connectivity index (χ2n) is 9.55. The van der Waals surface area contributed by atoms with E-state index in [4.69, 9.17) is 16.3 Å². The summed E-state index contributed by atoms with van der Waals surface area (Å²) >= 11 is 6.41. The average Bonchev–Trinajstić information content (AvgIpc) is 2.70. The van der Waals surface area contributed by atoms with Gasteiger partial charge in [0.05, 0.1) is 6.20 Å². The lowest BCUT2D eigenvalue weighted by atomic mass is 10.2. The van der Waals surface area contributed by atoms with Crippen LogP contribution in [0.4, 0.5) is 10.6 Å². The van der Waals surface area contributed by atoms with E-state index in [1.54, 1.807) is 10.0 Å². The van der Waals surface area contributed by atoms with Crippen LogP contribution in [0.1, 0.15) is 46.9 Å². The van der Waals surface area contributed by atoms with E-state index >= 15 is 0 Å². The molecule has 1 fully saturated rings. The molecule has 1 aliphatic rings. The molecule has 1 aromatic heterocycles. The zero-order valence-corrected chi connectivity index (χ0v) is 20.9. The first-order valence-electron chi connectivity index (χ1n) is 11.1. The van der Waals surface area contributed by atoms with Gasteiger partial charge in [-0.2, -0.15) is 10.2 Å². The molecule has 0 aliphatic carbocycles. The third kappa shape index (κ3) is 8.08. The van der Waals surface area contributed by atoms with Crippen LogP contribution in [0, 0.1) is 17.2 Å². The molecule has 1 aromatic rings. The number of aromatic nitrogens is 2. The van der Waals surface area contributed by atoms with E-state index in [1.807, 2.05) is 40.7 Å². The zero-order valence-electron chi connectivity index (χ0n) is 20.1. The first kappa shape index (κ1) is 26.1. The minimum absolute atomic E-state index is 0.000249. The van der Waals surface area contributed by atoms with E-state index in [9.17, 15) is 10.1 Å². The Hall–Kier alpha value is -2.15. The van der Waals surface area contributed by atoms with E-state index in [2.05, 4.69) is 26.8 Å². The molecule has 1 aliphatic heterocycles. The number of carbonyl (C=O) groups is 1.